The van der Waals surface area contributed by atoms with E-state index < -0.39 is 0 Å². The van der Waals surface area contributed by atoms with E-state index in [4.69, 9.17) is 0 Å². The average molecular weight is 303 g/mol. The van der Waals surface area contributed by atoms with Crippen LogP contribution in [0.5, 0.6) is 0 Å². The first kappa shape index (κ1) is 15.2. The smallest absolute Gasteiger partial charge is 0.274 e. The number of hydrogen-bond donors (Lipinski definition) is 0. The zero-order chi connectivity index (χ0) is 15.7. The summed E-state index contributed by atoms with van der Waals surface area (Å²) < 4.78 is 0. The molecule has 22 heavy (non-hydrogen) atoms. The molecule has 0 aliphatic carbocycles. The Labute approximate surface area is 132 Å². The molecule has 2 aliphatic rings. The van der Waals surface area contributed by atoms with Gasteiger partial charge in [0.1, 0.15) is 0 Å². The molecule has 0 aromatic carbocycles. The van der Waals surface area contributed by atoms with Gasteiger partial charge < -0.3 is 14.7 Å². The molecule has 2 saturated heterocycles. The highest BCUT2D eigenvalue weighted by Crippen LogP contribution is 2.29. The second-order valence-corrected chi connectivity index (χ2v) is 6.57. The van der Waals surface area contributed by atoms with E-state index in [1.807, 2.05) is 30.0 Å². The van der Waals surface area contributed by atoms with Gasteiger partial charge in [-0.25, -0.2) is 0 Å². The minimum absolute atomic E-state index is 0.0283. The van der Waals surface area contributed by atoms with Crippen LogP contribution in [0.4, 0.5) is 5.82 Å². The number of anilines is 1. The molecule has 0 unspecified atom stereocenters. The third-order valence-electron chi connectivity index (χ3n) is 4.91. The van der Waals surface area contributed by atoms with Crippen molar-refractivity contribution in [3.05, 3.63) is 17.8 Å². The van der Waals surface area contributed by atoms with Gasteiger partial charge in [-0.15, -0.1) is 10.2 Å². The number of aromatic nitrogens is 2. The lowest BCUT2D eigenvalue weighted by atomic mass is 10.0. The van der Waals surface area contributed by atoms with Crippen molar-refractivity contribution in [3.63, 3.8) is 0 Å². The fourth-order valence-electron chi connectivity index (χ4n) is 3.69. The topological polar surface area (TPSA) is 52.6 Å². The van der Waals surface area contributed by atoms with E-state index in [2.05, 4.69) is 22.1 Å². The predicted molar refractivity (Wildman–Crippen MR) is 86.1 cm³/mol. The summed E-state index contributed by atoms with van der Waals surface area (Å²) in [7, 11) is 6.00. The minimum atomic E-state index is 0.0283. The molecule has 6 nitrogen and oxygen atoms in total. The fourth-order valence-corrected chi connectivity index (χ4v) is 3.69. The van der Waals surface area contributed by atoms with Crippen LogP contribution in [0.1, 0.15) is 36.2 Å². The summed E-state index contributed by atoms with van der Waals surface area (Å²) in [6.45, 7) is 1.98. The number of amides is 1. The lowest BCUT2D eigenvalue weighted by Crippen LogP contribution is -2.47. The Morgan fingerprint density at radius 2 is 1.86 bits per heavy atom. The molecule has 3 heterocycles. The van der Waals surface area contributed by atoms with Crippen molar-refractivity contribution in [2.45, 2.75) is 37.8 Å². The van der Waals surface area contributed by atoms with E-state index in [1.165, 1.54) is 12.8 Å². The van der Waals surface area contributed by atoms with Gasteiger partial charge in [-0.05, 0) is 51.4 Å². The van der Waals surface area contributed by atoms with Gasteiger partial charge in [-0.3, -0.25) is 4.79 Å². The summed E-state index contributed by atoms with van der Waals surface area (Å²) >= 11 is 0. The average Bonchev–Trinajstić information content (AvgIpc) is 3.14. The quantitative estimate of drug-likeness (QED) is 0.841. The first-order valence-electron chi connectivity index (χ1n) is 8.10. The molecule has 3 rings (SSSR count). The van der Waals surface area contributed by atoms with Gasteiger partial charge in [0.2, 0.25) is 0 Å². The van der Waals surface area contributed by atoms with Crippen LogP contribution < -0.4 is 4.90 Å². The standard InChI is InChI=1S/C16H25N5O/c1-19(2)15-9-8-12(17-18-15)16(22)21-11-5-7-14(21)13-6-4-10-20(13)3/h8-9,13-14H,4-7,10-11H2,1-3H3/t13-,14-/m1/s1. The van der Waals surface area contributed by atoms with Gasteiger partial charge in [0, 0.05) is 32.7 Å². The Kier molecular flexibility index (Phi) is 4.29. The Morgan fingerprint density at radius 1 is 1.14 bits per heavy atom. The van der Waals surface area contributed by atoms with Gasteiger partial charge in [0.05, 0.1) is 0 Å². The van der Waals surface area contributed by atoms with Gasteiger partial charge in [-0.2, -0.15) is 0 Å². The van der Waals surface area contributed by atoms with E-state index >= 15 is 0 Å². The van der Waals surface area contributed by atoms with Crippen LogP contribution in [0.15, 0.2) is 12.1 Å². The highest BCUT2D eigenvalue weighted by Gasteiger charge is 2.39. The molecule has 6 heteroatoms. The predicted octanol–water partition coefficient (Wildman–Crippen LogP) is 1.24. The highest BCUT2D eigenvalue weighted by atomic mass is 16.2. The van der Waals surface area contributed by atoms with Crippen molar-refractivity contribution in [2.24, 2.45) is 0 Å². The third kappa shape index (κ3) is 2.79. The minimum Gasteiger partial charge on any atom is -0.361 e. The van der Waals surface area contributed by atoms with Gasteiger partial charge in [0.25, 0.3) is 5.91 Å². The second-order valence-electron chi connectivity index (χ2n) is 6.57. The number of nitrogens with zero attached hydrogens (tertiary/aromatic N) is 5. The Bertz CT molecular complexity index is 530. The van der Waals surface area contributed by atoms with Crippen LogP contribution in [0.2, 0.25) is 0 Å². The van der Waals surface area contributed by atoms with Crippen LogP contribution in [0.25, 0.3) is 0 Å². The van der Waals surface area contributed by atoms with Crippen molar-refractivity contribution >= 4 is 11.7 Å². The van der Waals surface area contributed by atoms with Crippen LogP contribution >= 0.6 is 0 Å². The van der Waals surface area contributed by atoms with E-state index in [-0.39, 0.29) is 5.91 Å². The van der Waals surface area contributed by atoms with Crippen molar-refractivity contribution in [1.29, 1.82) is 0 Å². The van der Waals surface area contributed by atoms with Gasteiger partial charge >= 0.3 is 0 Å². The fraction of sp³-hybridized carbons (Fsp3) is 0.688. The molecule has 2 fully saturated rings. The molecule has 0 bridgehead atoms. The number of likely N-dealkylation sites (N-methyl/N-ethyl adjacent to an activating group) is 1. The third-order valence-corrected chi connectivity index (χ3v) is 4.91. The lowest BCUT2D eigenvalue weighted by molar-refractivity contribution is 0.0657. The summed E-state index contributed by atoms with van der Waals surface area (Å²) in [5.74, 6) is 0.797. The monoisotopic (exact) mass is 303 g/mol. The molecule has 2 aliphatic heterocycles. The molecular formula is C16H25N5O. The van der Waals surface area contributed by atoms with E-state index in [1.54, 1.807) is 6.07 Å². The molecular weight excluding hydrogens is 278 g/mol. The normalized spacial score (nSPS) is 25.7. The molecule has 1 aromatic heterocycles. The van der Waals surface area contributed by atoms with Crippen molar-refractivity contribution in [2.75, 3.05) is 39.1 Å². The highest BCUT2D eigenvalue weighted by molar-refractivity contribution is 5.92. The summed E-state index contributed by atoms with van der Waals surface area (Å²) in [5.41, 5.74) is 0.457. The summed E-state index contributed by atoms with van der Waals surface area (Å²) in [6.07, 6.45) is 4.61. The van der Waals surface area contributed by atoms with Crippen LogP contribution in [0, 0.1) is 0 Å². The molecule has 1 aromatic rings. The van der Waals surface area contributed by atoms with Crippen molar-refractivity contribution in [3.8, 4) is 0 Å². The van der Waals surface area contributed by atoms with Crippen molar-refractivity contribution in [1.82, 2.24) is 20.0 Å². The largest absolute Gasteiger partial charge is 0.361 e. The van der Waals surface area contributed by atoms with E-state index in [9.17, 15) is 4.79 Å². The molecule has 0 saturated carbocycles. The summed E-state index contributed by atoms with van der Waals surface area (Å²) in [5, 5.41) is 8.25. The molecule has 0 N–H and O–H groups in total. The Balaban J connectivity index is 1.75. The number of likely N-dealkylation sites (tertiary alicyclic amines) is 2. The molecule has 0 spiro atoms. The van der Waals surface area contributed by atoms with Crippen molar-refractivity contribution < 1.29 is 4.79 Å². The molecule has 1 amide bonds. The zero-order valence-electron chi connectivity index (χ0n) is 13.7. The van der Waals surface area contributed by atoms with Gasteiger partial charge in [0.15, 0.2) is 11.5 Å². The molecule has 2 atom stereocenters. The first-order chi connectivity index (χ1) is 10.6. The molecule has 0 radical (unpaired) electrons. The lowest BCUT2D eigenvalue weighted by Gasteiger charge is -2.33. The van der Waals surface area contributed by atoms with Crippen LogP contribution in [0.3, 0.4) is 0 Å². The van der Waals surface area contributed by atoms with Crippen LogP contribution in [-0.4, -0.2) is 72.2 Å². The maximum absolute atomic E-state index is 12.8. The number of hydrogen-bond acceptors (Lipinski definition) is 5. The maximum atomic E-state index is 12.8. The van der Waals surface area contributed by atoms with Gasteiger partial charge in [-0.1, -0.05) is 0 Å². The number of rotatable bonds is 3. The first-order valence-corrected chi connectivity index (χ1v) is 8.10. The SMILES string of the molecule is CN(C)c1ccc(C(=O)N2CCC[C@@H]2[C@H]2CCCN2C)nn1. The number of carbonyl (C=O) groups excluding carboxylic acids is 1. The maximum Gasteiger partial charge on any atom is 0.274 e. The van der Waals surface area contributed by atoms with E-state index in [0.717, 1.165) is 31.7 Å². The second kappa shape index (κ2) is 6.20. The zero-order valence-corrected chi connectivity index (χ0v) is 13.7. The van der Waals surface area contributed by atoms with Crippen LogP contribution in [-0.2, 0) is 0 Å². The Hall–Kier alpha value is -1.69. The number of carbonyl (C=O) groups is 1. The molecule has 120 valence electrons. The Morgan fingerprint density at radius 3 is 2.45 bits per heavy atom. The van der Waals surface area contributed by atoms with E-state index in [0.29, 0.717) is 17.8 Å². The summed E-state index contributed by atoms with van der Waals surface area (Å²) in [6, 6.07) is 4.47. The summed E-state index contributed by atoms with van der Waals surface area (Å²) in [4.78, 5) is 19.1.